The monoisotopic (exact) mass is 422 g/mol. The van der Waals surface area contributed by atoms with Crippen molar-refractivity contribution in [1.82, 2.24) is 9.88 Å². The van der Waals surface area contributed by atoms with Gasteiger partial charge in [0.25, 0.3) is 5.91 Å². The molecule has 5 heteroatoms. The van der Waals surface area contributed by atoms with Crippen LogP contribution in [-0.2, 0) is 11.2 Å². The number of nitrogens with zero attached hydrogens (tertiary/aromatic N) is 2. The van der Waals surface area contributed by atoms with Crippen molar-refractivity contribution in [3.63, 3.8) is 0 Å². The van der Waals surface area contributed by atoms with Crippen LogP contribution in [-0.4, -0.2) is 35.5 Å². The van der Waals surface area contributed by atoms with Gasteiger partial charge in [-0.2, -0.15) is 0 Å². The van der Waals surface area contributed by atoms with E-state index in [0.717, 1.165) is 43.6 Å². The summed E-state index contributed by atoms with van der Waals surface area (Å²) in [6.45, 7) is 8.34. The zero-order valence-corrected chi connectivity index (χ0v) is 18.9. The Morgan fingerprint density at radius 3 is 2.47 bits per heavy atom. The summed E-state index contributed by atoms with van der Waals surface area (Å²) in [5.74, 6) is 1.27. The van der Waals surface area contributed by atoms with Crippen LogP contribution in [0.5, 0.6) is 5.75 Å². The standard InChI is InChI=1S/C25H30N2O2S/c1-25(2,3)16-18-8-10-20(11-9-18)29-17-23(28)27-14-12-19(13-15-27)24-26-21-6-4-5-7-22(21)30-24/h4-11,19H,12-17H2,1-3H3. The van der Waals surface area contributed by atoms with E-state index in [1.807, 2.05) is 23.1 Å². The molecule has 4 rings (SSSR count). The maximum absolute atomic E-state index is 12.6. The molecule has 1 saturated heterocycles. The van der Waals surface area contributed by atoms with Crippen LogP contribution in [0.15, 0.2) is 48.5 Å². The highest BCUT2D eigenvalue weighted by Crippen LogP contribution is 2.33. The predicted octanol–water partition coefficient (Wildman–Crippen LogP) is 5.67. The van der Waals surface area contributed by atoms with Gasteiger partial charge >= 0.3 is 0 Å². The van der Waals surface area contributed by atoms with Crippen molar-refractivity contribution in [2.45, 2.75) is 46.0 Å². The van der Waals surface area contributed by atoms with E-state index in [9.17, 15) is 4.79 Å². The number of piperidine rings is 1. The van der Waals surface area contributed by atoms with Crippen LogP contribution in [0, 0.1) is 5.41 Å². The largest absolute Gasteiger partial charge is 0.484 e. The molecule has 2 aromatic carbocycles. The molecule has 1 aliphatic rings. The normalized spacial score (nSPS) is 15.5. The molecule has 0 saturated carbocycles. The van der Waals surface area contributed by atoms with Crippen LogP contribution in [0.2, 0.25) is 0 Å². The summed E-state index contributed by atoms with van der Waals surface area (Å²) in [7, 11) is 0. The van der Waals surface area contributed by atoms with Crippen molar-refractivity contribution in [3.8, 4) is 5.75 Å². The summed E-state index contributed by atoms with van der Waals surface area (Å²) in [5, 5.41) is 1.20. The molecule has 1 aliphatic heterocycles. The number of hydrogen-bond acceptors (Lipinski definition) is 4. The number of likely N-dealkylation sites (tertiary alicyclic amines) is 1. The number of carbonyl (C=O) groups excluding carboxylic acids is 1. The number of benzene rings is 2. The summed E-state index contributed by atoms with van der Waals surface area (Å²) in [6, 6.07) is 16.4. The van der Waals surface area contributed by atoms with Crippen LogP contribution in [0.4, 0.5) is 0 Å². The number of rotatable bonds is 5. The van der Waals surface area contributed by atoms with Crippen LogP contribution >= 0.6 is 11.3 Å². The minimum Gasteiger partial charge on any atom is -0.484 e. The van der Waals surface area contributed by atoms with Crippen molar-refractivity contribution < 1.29 is 9.53 Å². The van der Waals surface area contributed by atoms with Crippen molar-refractivity contribution in [2.24, 2.45) is 5.41 Å². The molecule has 1 amide bonds. The molecular formula is C25H30N2O2S. The lowest BCUT2D eigenvalue weighted by atomic mass is 9.88. The third kappa shape index (κ3) is 5.20. The van der Waals surface area contributed by atoms with E-state index in [1.165, 1.54) is 15.3 Å². The van der Waals surface area contributed by atoms with E-state index in [1.54, 1.807) is 11.3 Å². The van der Waals surface area contributed by atoms with Crippen molar-refractivity contribution >= 4 is 27.5 Å². The Kier molecular flexibility index (Phi) is 6.09. The first-order valence-corrected chi connectivity index (χ1v) is 11.5. The molecule has 0 N–H and O–H groups in total. The van der Waals surface area contributed by atoms with Gasteiger partial charge in [-0.15, -0.1) is 11.3 Å². The third-order valence-electron chi connectivity index (χ3n) is 5.53. The predicted molar refractivity (Wildman–Crippen MR) is 123 cm³/mol. The molecule has 0 aliphatic carbocycles. The van der Waals surface area contributed by atoms with Crippen molar-refractivity contribution in [1.29, 1.82) is 0 Å². The van der Waals surface area contributed by atoms with Gasteiger partial charge in [0.1, 0.15) is 5.75 Å². The maximum atomic E-state index is 12.6. The molecule has 0 atom stereocenters. The highest BCUT2D eigenvalue weighted by Gasteiger charge is 2.26. The number of ether oxygens (including phenoxy) is 1. The number of hydrogen-bond donors (Lipinski definition) is 0. The molecule has 3 aromatic rings. The Labute approximate surface area is 182 Å². The minimum absolute atomic E-state index is 0.0662. The zero-order chi connectivity index (χ0) is 21.1. The van der Waals surface area contributed by atoms with Crippen LogP contribution in [0.25, 0.3) is 10.2 Å². The van der Waals surface area contributed by atoms with Gasteiger partial charge in [0.2, 0.25) is 0 Å². The minimum atomic E-state index is 0.0662. The summed E-state index contributed by atoms with van der Waals surface area (Å²) in [5.41, 5.74) is 2.63. The van der Waals surface area contributed by atoms with E-state index < -0.39 is 0 Å². The molecule has 1 aromatic heterocycles. The highest BCUT2D eigenvalue weighted by molar-refractivity contribution is 7.18. The van der Waals surface area contributed by atoms with E-state index >= 15 is 0 Å². The Balaban J connectivity index is 1.26. The third-order valence-corrected chi connectivity index (χ3v) is 6.73. The molecule has 0 bridgehead atoms. The average molecular weight is 423 g/mol. The van der Waals surface area contributed by atoms with Gasteiger partial charge in [0.05, 0.1) is 15.2 Å². The van der Waals surface area contributed by atoms with E-state index in [0.29, 0.717) is 5.92 Å². The molecule has 30 heavy (non-hydrogen) atoms. The topological polar surface area (TPSA) is 42.4 Å². The smallest absolute Gasteiger partial charge is 0.260 e. The lowest BCUT2D eigenvalue weighted by Crippen LogP contribution is -2.40. The summed E-state index contributed by atoms with van der Waals surface area (Å²) >= 11 is 1.79. The molecular weight excluding hydrogens is 392 g/mol. The lowest BCUT2D eigenvalue weighted by Gasteiger charge is -2.31. The van der Waals surface area contributed by atoms with Gasteiger partial charge in [-0.25, -0.2) is 4.98 Å². The molecule has 0 radical (unpaired) electrons. The van der Waals surface area contributed by atoms with E-state index in [4.69, 9.17) is 9.72 Å². The molecule has 158 valence electrons. The SMILES string of the molecule is CC(C)(C)Cc1ccc(OCC(=O)N2CCC(c3nc4ccccc4s3)CC2)cc1. The average Bonchev–Trinajstić information content (AvgIpc) is 3.16. The Hall–Kier alpha value is -2.40. The fourth-order valence-corrected chi connectivity index (χ4v) is 5.13. The van der Waals surface area contributed by atoms with Crippen LogP contribution < -0.4 is 4.74 Å². The van der Waals surface area contributed by atoms with Crippen LogP contribution in [0.1, 0.15) is 50.1 Å². The van der Waals surface area contributed by atoms with Gasteiger partial charge in [0, 0.05) is 19.0 Å². The van der Waals surface area contributed by atoms with Crippen molar-refractivity contribution in [2.75, 3.05) is 19.7 Å². The fourth-order valence-electron chi connectivity index (χ4n) is 3.99. The van der Waals surface area contributed by atoms with E-state index in [2.05, 4.69) is 51.1 Å². The number of amides is 1. The molecule has 1 fully saturated rings. The van der Waals surface area contributed by atoms with Crippen LogP contribution in [0.3, 0.4) is 0 Å². The number of para-hydroxylation sites is 1. The quantitative estimate of drug-likeness (QED) is 0.532. The Morgan fingerprint density at radius 1 is 1.10 bits per heavy atom. The second kappa shape index (κ2) is 8.76. The van der Waals surface area contributed by atoms with Gasteiger partial charge in [-0.3, -0.25) is 4.79 Å². The summed E-state index contributed by atoms with van der Waals surface area (Å²) < 4.78 is 7.00. The Bertz CT molecular complexity index is 963. The number of thiazole rings is 1. The summed E-state index contributed by atoms with van der Waals surface area (Å²) in [4.78, 5) is 19.3. The second-order valence-electron chi connectivity index (χ2n) is 9.34. The molecule has 0 spiro atoms. The van der Waals surface area contributed by atoms with Gasteiger partial charge in [0.15, 0.2) is 6.61 Å². The van der Waals surface area contributed by atoms with E-state index in [-0.39, 0.29) is 17.9 Å². The number of fused-ring (bicyclic) bond motifs is 1. The lowest BCUT2D eigenvalue weighted by molar-refractivity contribution is -0.134. The van der Waals surface area contributed by atoms with Gasteiger partial charge in [-0.05, 0) is 54.5 Å². The second-order valence-corrected chi connectivity index (χ2v) is 10.4. The van der Waals surface area contributed by atoms with Gasteiger partial charge < -0.3 is 9.64 Å². The molecule has 4 nitrogen and oxygen atoms in total. The molecule has 2 heterocycles. The fraction of sp³-hybridized carbons (Fsp3) is 0.440. The highest BCUT2D eigenvalue weighted by atomic mass is 32.1. The first-order valence-electron chi connectivity index (χ1n) is 10.7. The first-order chi connectivity index (χ1) is 14.4. The van der Waals surface area contributed by atoms with Crippen molar-refractivity contribution in [3.05, 3.63) is 59.1 Å². The summed E-state index contributed by atoms with van der Waals surface area (Å²) in [6.07, 6.45) is 2.95. The number of aromatic nitrogens is 1. The Morgan fingerprint density at radius 2 is 1.80 bits per heavy atom. The van der Waals surface area contributed by atoms with Gasteiger partial charge in [-0.1, -0.05) is 45.0 Å². The number of carbonyl (C=O) groups is 1. The zero-order valence-electron chi connectivity index (χ0n) is 18.1. The maximum Gasteiger partial charge on any atom is 0.260 e. The first kappa shape index (κ1) is 20.9. The molecule has 0 unspecified atom stereocenters.